The molecule has 4 heteroatoms. The largest absolute Gasteiger partial charge is 0.493 e. The normalized spacial score (nSPS) is 25.7. The lowest BCUT2D eigenvalue weighted by Gasteiger charge is -2.46. The molecule has 3 rings (SSSR count). The first-order chi connectivity index (χ1) is 12.5. The highest BCUT2D eigenvalue weighted by molar-refractivity contribution is 5.49. The number of hydrogen-bond acceptors (Lipinski definition) is 4. The van der Waals surface area contributed by atoms with Crippen LogP contribution in [0.25, 0.3) is 0 Å². The van der Waals surface area contributed by atoms with Crippen molar-refractivity contribution in [3.05, 3.63) is 23.3 Å². The van der Waals surface area contributed by atoms with E-state index in [1.807, 2.05) is 0 Å². The average Bonchev–Trinajstić information content (AvgIpc) is 2.61. The summed E-state index contributed by atoms with van der Waals surface area (Å²) in [6.45, 7) is 9.46. The number of benzene rings is 1. The van der Waals surface area contributed by atoms with E-state index in [4.69, 9.17) is 9.47 Å². The third kappa shape index (κ3) is 4.17. The van der Waals surface area contributed by atoms with E-state index in [9.17, 15) is 5.11 Å². The summed E-state index contributed by atoms with van der Waals surface area (Å²) in [5.41, 5.74) is 2.67. The van der Waals surface area contributed by atoms with Gasteiger partial charge in [-0.05, 0) is 60.8 Å². The van der Waals surface area contributed by atoms with Crippen LogP contribution in [0.15, 0.2) is 12.1 Å². The molecule has 26 heavy (non-hydrogen) atoms. The van der Waals surface area contributed by atoms with Gasteiger partial charge < -0.3 is 14.6 Å². The van der Waals surface area contributed by atoms with Crippen LogP contribution >= 0.6 is 0 Å². The Kier molecular flexibility index (Phi) is 6.46. The van der Waals surface area contributed by atoms with Gasteiger partial charge in [0.05, 0.1) is 19.8 Å². The van der Waals surface area contributed by atoms with Gasteiger partial charge in [-0.15, -0.1) is 0 Å². The summed E-state index contributed by atoms with van der Waals surface area (Å²) in [6, 6.07) is 4.63. The highest BCUT2D eigenvalue weighted by Gasteiger charge is 2.38. The minimum Gasteiger partial charge on any atom is -0.493 e. The number of aliphatic hydroxyl groups excluding tert-OH is 1. The molecular formula is C22H35NO3. The number of ether oxygens (including phenoxy) is 2. The van der Waals surface area contributed by atoms with Gasteiger partial charge in [-0.2, -0.15) is 0 Å². The first-order valence-corrected chi connectivity index (χ1v) is 10.3. The van der Waals surface area contributed by atoms with Gasteiger partial charge in [0.2, 0.25) is 0 Å². The van der Waals surface area contributed by atoms with Gasteiger partial charge in [0.25, 0.3) is 0 Å². The molecule has 0 saturated carbocycles. The lowest BCUT2D eigenvalue weighted by atomic mass is 9.79. The maximum Gasteiger partial charge on any atom is 0.161 e. The second-order valence-corrected chi connectivity index (χ2v) is 8.36. The maximum absolute atomic E-state index is 10.7. The van der Waals surface area contributed by atoms with Crippen LogP contribution in [0.5, 0.6) is 11.5 Å². The van der Waals surface area contributed by atoms with E-state index >= 15 is 0 Å². The summed E-state index contributed by atoms with van der Waals surface area (Å²) < 4.78 is 11.6. The van der Waals surface area contributed by atoms with E-state index in [2.05, 4.69) is 37.8 Å². The summed E-state index contributed by atoms with van der Waals surface area (Å²) in [7, 11) is 1.71. The van der Waals surface area contributed by atoms with Gasteiger partial charge in [0.1, 0.15) is 0 Å². The fraction of sp³-hybridized carbons (Fsp3) is 0.727. The molecule has 2 aliphatic heterocycles. The second kappa shape index (κ2) is 8.62. The molecule has 1 aromatic rings. The topological polar surface area (TPSA) is 41.9 Å². The van der Waals surface area contributed by atoms with Crippen molar-refractivity contribution in [3.63, 3.8) is 0 Å². The Hall–Kier alpha value is -1.26. The molecule has 3 atom stereocenters. The third-order valence-electron chi connectivity index (χ3n) is 5.90. The van der Waals surface area contributed by atoms with Crippen molar-refractivity contribution in [2.45, 2.75) is 65.0 Å². The number of unbranched alkanes of at least 4 members (excludes halogenated alkanes) is 1. The van der Waals surface area contributed by atoms with Crippen LogP contribution in [-0.4, -0.2) is 42.9 Å². The van der Waals surface area contributed by atoms with E-state index in [0.717, 1.165) is 63.3 Å². The van der Waals surface area contributed by atoms with Crippen LogP contribution in [0, 0.1) is 11.8 Å². The van der Waals surface area contributed by atoms with Crippen LogP contribution in [-0.2, 0) is 6.42 Å². The molecule has 0 bridgehead atoms. The van der Waals surface area contributed by atoms with Crippen LogP contribution in [0.1, 0.15) is 63.6 Å². The maximum atomic E-state index is 10.7. The fourth-order valence-electron chi connectivity index (χ4n) is 4.54. The predicted molar refractivity (Wildman–Crippen MR) is 105 cm³/mol. The molecule has 0 amide bonds. The summed E-state index contributed by atoms with van der Waals surface area (Å²) >= 11 is 0. The Morgan fingerprint density at radius 2 is 2.08 bits per heavy atom. The van der Waals surface area contributed by atoms with E-state index in [-0.39, 0.29) is 6.10 Å². The minimum absolute atomic E-state index is 0.212. The van der Waals surface area contributed by atoms with Crippen molar-refractivity contribution in [1.82, 2.24) is 4.90 Å². The zero-order chi connectivity index (χ0) is 18.7. The van der Waals surface area contributed by atoms with E-state index in [1.54, 1.807) is 7.11 Å². The number of hydrogen-bond donors (Lipinski definition) is 1. The number of rotatable bonds is 7. The van der Waals surface area contributed by atoms with Crippen LogP contribution in [0.2, 0.25) is 0 Å². The highest BCUT2D eigenvalue weighted by Crippen LogP contribution is 2.43. The monoisotopic (exact) mass is 361 g/mol. The number of piperidine rings is 1. The Morgan fingerprint density at radius 1 is 1.27 bits per heavy atom. The summed E-state index contributed by atoms with van der Waals surface area (Å²) in [4.78, 5) is 2.57. The Labute approximate surface area is 158 Å². The molecule has 4 nitrogen and oxygen atoms in total. The smallest absolute Gasteiger partial charge is 0.161 e. The number of fused-ring (bicyclic) bond motifs is 3. The zero-order valence-corrected chi connectivity index (χ0v) is 16.8. The summed E-state index contributed by atoms with van der Waals surface area (Å²) in [6.07, 6.45) is 4.94. The van der Waals surface area contributed by atoms with Crippen molar-refractivity contribution >= 4 is 0 Å². The first kappa shape index (κ1) is 19.5. The molecule has 0 aromatic heterocycles. The molecule has 1 saturated heterocycles. The van der Waals surface area contributed by atoms with Gasteiger partial charge in [-0.1, -0.05) is 27.2 Å². The fourth-order valence-corrected chi connectivity index (χ4v) is 4.54. The highest BCUT2D eigenvalue weighted by atomic mass is 16.5. The number of aliphatic hydroxyl groups is 1. The van der Waals surface area contributed by atoms with Gasteiger partial charge in [0, 0.05) is 19.1 Å². The van der Waals surface area contributed by atoms with Crippen molar-refractivity contribution in [1.29, 1.82) is 0 Å². The minimum atomic E-state index is -0.212. The number of nitrogens with zero attached hydrogens (tertiary/aromatic N) is 1. The molecular weight excluding hydrogens is 326 g/mol. The molecule has 1 aromatic carbocycles. The zero-order valence-electron chi connectivity index (χ0n) is 16.8. The predicted octanol–water partition coefficient (Wildman–Crippen LogP) is 4.20. The van der Waals surface area contributed by atoms with E-state index < -0.39 is 0 Å². The van der Waals surface area contributed by atoms with Gasteiger partial charge in [-0.25, -0.2) is 0 Å². The van der Waals surface area contributed by atoms with Crippen LogP contribution in [0.4, 0.5) is 0 Å². The van der Waals surface area contributed by atoms with Gasteiger partial charge in [0.15, 0.2) is 11.5 Å². The van der Waals surface area contributed by atoms with Crippen molar-refractivity contribution in [2.24, 2.45) is 11.8 Å². The van der Waals surface area contributed by atoms with Crippen LogP contribution < -0.4 is 9.47 Å². The standard InChI is InChI=1S/C22H35NO3/c1-5-6-9-26-22-11-16-7-8-23-14-17(10-15(2)3)20(24)13-19(23)18(16)12-21(22)25-4/h11-12,15,17,19-20,24H,5-10,13-14H2,1-4H3/t17-,19?,20-/m1/s1. The number of methoxy groups -OCH3 is 1. The Bertz CT molecular complexity index is 601. The summed E-state index contributed by atoms with van der Waals surface area (Å²) in [5.74, 6) is 2.71. The molecule has 146 valence electrons. The first-order valence-electron chi connectivity index (χ1n) is 10.3. The molecule has 0 aliphatic carbocycles. The lowest BCUT2D eigenvalue weighted by molar-refractivity contribution is -0.0191. The van der Waals surface area contributed by atoms with Crippen molar-refractivity contribution in [3.8, 4) is 11.5 Å². The SMILES string of the molecule is CCCCOc1cc2c(cc1OC)C1C[C@@H](O)[C@H](CC(C)C)CN1CC2. The molecule has 2 heterocycles. The van der Waals surface area contributed by atoms with Gasteiger partial charge >= 0.3 is 0 Å². The molecule has 0 spiro atoms. The third-order valence-corrected chi connectivity index (χ3v) is 5.90. The van der Waals surface area contributed by atoms with E-state index in [1.165, 1.54) is 11.1 Å². The molecule has 1 fully saturated rings. The molecule has 1 unspecified atom stereocenters. The second-order valence-electron chi connectivity index (χ2n) is 8.36. The lowest BCUT2D eigenvalue weighted by Crippen LogP contribution is -2.48. The summed E-state index contributed by atoms with van der Waals surface area (Å²) in [5, 5.41) is 10.7. The Morgan fingerprint density at radius 3 is 2.77 bits per heavy atom. The van der Waals surface area contributed by atoms with Gasteiger partial charge in [-0.3, -0.25) is 4.90 Å². The Balaban J connectivity index is 1.80. The molecule has 1 N–H and O–H groups in total. The quantitative estimate of drug-likeness (QED) is 0.739. The van der Waals surface area contributed by atoms with E-state index in [0.29, 0.717) is 17.9 Å². The average molecular weight is 362 g/mol. The van der Waals surface area contributed by atoms with Crippen LogP contribution in [0.3, 0.4) is 0 Å². The van der Waals surface area contributed by atoms with Crippen molar-refractivity contribution < 1.29 is 14.6 Å². The van der Waals surface area contributed by atoms with Crippen molar-refractivity contribution in [2.75, 3.05) is 26.8 Å². The molecule has 0 radical (unpaired) electrons. The molecule has 2 aliphatic rings.